The van der Waals surface area contributed by atoms with Gasteiger partial charge in [0.05, 0.1) is 5.56 Å². The van der Waals surface area contributed by atoms with Gasteiger partial charge in [0, 0.05) is 5.56 Å². The van der Waals surface area contributed by atoms with E-state index in [1.807, 2.05) is 0 Å². The largest absolute Gasteiger partial charge is 0.478 e. The van der Waals surface area contributed by atoms with E-state index in [1.165, 1.54) is 6.07 Å². The predicted octanol–water partition coefficient (Wildman–Crippen LogP) is 1.51. The molecule has 0 aliphatic heterocycles. The molecule has 1 rings (SSSR count). The van der Waals surface area contributed by atoms with Crippen LogP contribution in [0, 0.1) is 11.8 Å². The van der Waals surface area contributed by atoms with Crippen LogP contribution in [0.15, 0.2) is 24.3 Å². The molecule has 3 nitrogen and oxygen atoms in total. The Kier molecular flexibility index (Phi) is 3.13. The summed E-state index contributed by atoms with van der Waals surface area (Å²) < 4.78 is 0. The Balaban J connectivity index is 3.14. The zero-order chi connectivity index (χ0) is 11.5. The van der Waals surface area contributed by atoms with Gasteiger partial charge in [-0.15, -0.1) is 0 Å². The van der Waals surface area contributed by atoms with E-state index in [4.69, 9.17) is 5.11 Å². The monoisotopic (exact) mass is 204 g/mol. The van der Waals surface area contributed by atoms with Crippen LogP contribution in [0.25, 0.3) is 0 Å². The van der Waals surface area contributed by atoms with Crippen LogP contribution in [0.5, 0.6) is 0 Å². The van der Waals surface area contributed by atoms with Gasteiger partial charge < -0.3 is 10.2 Å². The molecule has 0 radical (unpaired) electrons. The van der Waals surface area contributed by atoms with Crippen molar-refractivity contribution in [1.82, 2.24) is 0 Å². The van der Waals surface area contributed by atoms with Gasteiger partial charge in [0.15, 0.2) is 0 Å². The number of aliphatic hydroxyl groups is 1. The molecule has 0 heterocycles. The van der Waals surface area contributed by atoms with E-state index in [0.29, 0.717) is 5.56 Å². The molecule has 0 aliphatic rings. The summed E-state index contributed by atoms with van der Waals surface area (Å²) in [5, 5.41) is 18.3. The molecule has 0 amide bonds. The zero-order valence-corrected chi connectivity index (χ0v) is 8.61. The predicted molar refractivity (Wildman–Crippen MR) is 56.6 cm³/mol. The van der Waals surface area contributed by atoms with Gasteiger partial charge in [0.2, 0.25) is 0 Å². The molecule has 78 valence electrons. The maximum atomic E-state index is 10.8. The highest BCUT2D eigenvalue weighted by atomic mass is 16.4. The summed E-state index contributed by atoms with van der Waals surface area (Å²) in [6, 6.07) is 6.44. The number of benzene rings is 1. The van der Waals surface area contributed by atoms with Crippen LogP contribution < -0.4 is 0 Å². The third-order valence-electron chi connectivity index (χ3n) is 1.66. The molecular weight excluding hydrogens is 192 g/mol. The number of carboxylic acids is 1. The Morgan fingerprint density at radius 2 is 1.93 bits per heavy atom. The summed E-state index contributed by atoms with van der Waals surface area (Å²) in [7, 11) is 0. The summed E-state index contributed by atoms with van der Waals surface area (Å²) in [5.74, 6) is 4.21. The normalized spacial score (nSPS) is 10.3. The SMILES string of the molecule is CC(C)(O)C#Cc1ccccc1C(=O)O. The molecule has 1 aromatic carbocycles. The lowest BCUT2D eigenvalue weighted by atomic mass is 10.1. The molecule has 0 bridgehead atoms. The van der Waals surface area contributed by atoms with Gasteiger partial charge in [-0.25, -0.2) is 4.79 Å². The Bertz CT molecular complexity index is 430. The molecule has 1 aromatic rings. The zero-order valence-electron chi connectivity index (χ0n) is 8.61. The van der Waals surface area contributed by atoms with Crippen molar-refractivity contribution >= 4 is 5.97 Å². The second kappa shape index (κ2) is 4.16. The molecular formula is C12H12O3. The first kappa shape index (κ1) is 11.3. The molecule has 3 heteroatoms. The van der Waals surface area contributed by atoms with Gasteiger partial charge in [-0.05, 0) is 26.0 Å². The minimum Gasteiger partial charge on any atom is -0.478 e. The van der Waals surface area contributed by atoms with E-state index < -0.39 is 11.6 Å². The van der Waals surface area contributed by atoms with Gasteiger partial charge in [0.1, 0.15) is 5.60 Å². The number of hydrogen-bond acceptors (Lipinski definition) is 2. The minimum atomic E-state index is -1.12. The second-order valence-electron chi connectivity index (χ2n) is 3.66. The molecule has 0 aliphatic carbocycles. The summed E-state index contributed by atoms with van der Waals surface area (Å²) >= 11 is 0. The van der Waals surface area contributed by atoms with Crippen molar-refractivity contribution in [3.8, 4) is 11.8 Å². The van der Waals surface area contributed by atoms with E-state index in [1.54, 1.807) is 32.0 Å². The summed E-state index contributed by atoms with van der Waals surface area (Å²) in [4.78, 5) is 10.8. The van der Waals surface area contributed by atoms with Crippen molar-refractivity contribution in [2.24, 2.45) is 0 Å². The van der Waals surface area contributed by atoms with Crippen LogP contribution in [0.2, 0.25) is 0 Å². The van der Waals surface area contributed by atoms with Gasteiger partial charge in [-0.3, -0.25) is 0 Å². The Morgan fingerprint density at radius 1 is 1.33 bits per heavy atom. The molecule has 2 N–H and O–H groups in total. The molecule has 0 atom stereocenters. The maximum Gasteiger partial charge on any atom is 0.336 e. The minimum absolute atomic E-state index is 0.147. The van der Waals surface area contributed by atoms with Gasteiger partial charge in [0.25, 0.3) is 0 Å². The van der Waals surface area contributed by atoms with Crippen LogP contribution >= 0.6 is 0 Å². The van der Waals surface area contributed by atoms with Crippen molar-refractivity contribution in [3.63, 3.8) is 0 Å². The number of rotatable bonds is 1. The Morgan fingerprint density at radius 3 is 2.47 bits per heavy atom. The molecule has 0 saturated heterocycles. The first-order valence-corrected chi connectivity index (χ1v) is 4.48. The maximum absolute atomic E-state index is 10.8. The fourth-order valence-electron chi connectivity index (χ4n) is 0.999. The van der Waals surface area contributed by atoms with Crippen LogP contribution in [-0.2, 0) is 0 Å². The number of aromatic carboxylic acids is 1. The lowest BCUT2D eigenvalue weighted by Gasteiger charge is -2.06. The fraction of sp³-hybridized carbons (Fsp3) is 0.250. The summed E-state index contributed by atoms with van der Waals surface area (Å²) in [6.07, 6.45) is 0. The number of carboxylic acid groups (broad SMARTS) is 1. The van der Waals surface area contributed by atoms with Crippen molar-refractivity contribution in [2.75, 3.05) is 0 Å². The highest BCUT2D eigenvalue weighted by molar-refractivity contribution is 5.90. The van der Waals surface area contributed by atoms with Crippen LogP contribution in [0.3, 0.4) is 0 Å². The summed E-state index contributed by atoms with van der Waals surface area (Å²) in [5.41, 5.74) is -0.563. The average molecular weight is 204 g/mol. The highest BCUT2D eigenvalue weighted by Crippen LogP contribution is 2.08. The third kappa shape index (κ3) is 3.45. The Labute approximate surface area is 88.4 Å². The lowest BCUT2D eigenvalue weighted by molar-refractivity contribution is 0.0696. The van der Waals surface area contributed by atoms with Crippen LogP contribution in [0.4, 0.5) is 0 Å². The molecule has 0 aromatic heterocycles. The fourth-order valence-corrected chi connectivity index (χ4v) is 0.999. The first-order chi connectivity index (χ1) is 6.90. The topological polar surface area (TPSA) is 57.5 Å². The van der Waals surface area contributed by atoms with Crippen LogP contribution in [0.1, 0.15) is 29.8 Å². The Hall–Kier alpha value is -1.79. The molecule has 0 saturated carbocycles. The number of carbonyl (C=O) groups is 1. The molecule has 0 fully saturated rings. The van der Waals surface area contributed by atoms with Gasteiger partial charge in [-0.2, -0.15) is 0 Å². The van der Waals surface area contributed by atoms with Crippen molar-refractivity contribution in [1.29, 1.82) is 0 Å². The number of hydrogen-bond donors (Lipinski definition) is 2. The second-order valence-corrected chi connectivity index (χ2v) is 3.66. The smallest absolute Gasteiger partial charge is 0.336 e. The van der Waals surface area contributed by atoms with Gasteiger partial charge >= 0.3 is 5.97 Å². The molecule has 0 spiro atoms. The van der Waals surface area contributed by atoms with E-state index in [0.717, 1.165) is 0 Å². The lowest BCUT2D eigenvalue weighted by Crippen LogP contribution is -2.14. The third-order valence-corrected chi connectivity index (χ3v) is 1.66. The van der Waals surface area contributed by atoms with Crippen molar-refractivity contribution < 1.29 is 15.0 Å². The average Bonchev–Trinajstić information content (AvgIpc) is 2.14. The van der Waals surface area contributed by atoms with E-state index in [9.17, 15) is 9.90 Å². The van der Waals surface area contributed by atoms with Crippen molar-refractivity contribution in [3.05, 3.63) is 35.4 Å². The molecule has 0 unspecified atom stereocenters. The van der Waals surface area contributed by atoms with Crippen LogP contribution in [-0.4, -0.2) is 21.8 Å². The quantitative estimate of drug-likeness (QED) is 0.682. The first-order valence-electron chi connectivity index (χ1n) is 4.48. The standard InChI is InChI=1S/C12H12O3/c1-12(2,15)8-7-9-5-3-4-6-10(9)11(13)14/h3-6,15H,1-2H3,(H,13,14). The van der Waals surface area contributed by atoms with E-state index in [-0.39, 0.29) is 5.56 Å². The summed E-state index contributed by atoms with van der Waals surface area (Å²) in [6.45, 7) is 3.09. The van der Waals surface area contributed by atoms with Crippen molar-refractivity contribution in [2.45, 2.75) is 19.4 Å². The van der Waals surface area contributed by atoms with Gasteiger partial charge in [-0.1, -0.05) is 24.0 Å². The van der Waals surface area contributed by atoms with E-state index >= 15 is 0 Å². The highest BCUT2D eigenvalue weighted by Gasteiger charge is 2.09. The molecule has 15 heavy (non-hydrogen) atoms. The van der Waals surface area contributed by atoms with E-state index in [2.05, 4.69) is 11.8 Å².